The molecule has 1 aliphatic heterocycles. The summed E-state index contributed by atoms with van der Waals surface area (Å²) in [4.78, 5) is 22.9. The van der Waals surface area contributed by atoms with Gasteiger partial charge >= 0.3 is 0 Å². The largest absolute Gasteiger partial charge is 0.272 e. The van der Waals surface area contributed by atoms with Crippen molar-refractivity contribution in [1.29, 1.82) is 0 Å². The molecule has 0 fully saturated rings. The molecule has 0 aliphatic carbocycles. The number of hydrogen-bond acceptors (Lipinski definition) is 4. The van der Waals surface area contributed by atoms with Crippen LogP contribution in [-0.2, 0) is 9.59 Å². The molecular weight excluding hydrogens is 312 g/mol. The lowest BCUT2D eigenvalue weighted by molar-refractivity contribution is -0.131. The lowest BCUT2D eigenvalue weighted by Gasteiger charge is -2.05. The number of carbonyl (C=O) groups excluding carboxylic acids is 2. The third kappa shape index (κ3) is 3.25. The second-order valence-corrected chi connectivity index (χ2v) is 4.83. The summed E-state index contributed by atoms with van der Waals surface area (Å²) in [5, 5.41) is 7.49. The van der Waals surface area contributed by atoms with E-state index >= 15 is 0 Å². The fraction of sp³-hybridized carbons (Fsp3) is 0.167. The standard InChI is InChI=1S/C12H11BrN4O2/c1-7(8-3-2-4-9(13)5-8)15-17-12(19)10-6-14-16-11(10)18/h2-6,10H,1H3,(H,16,18)(H,17,19)/b15-7-/t10-/m1/s1. The number of nitrogens with one attached hydrogen (secondary N) is 2. The highest BCUT2D eigenvalue weighted by atomic mass is 79.9. The number of hydrazone groups is 2. The van der Waals surface area contributed by atoms with Crippen molar-refractivity contribution in [2.24, 2.45) is 16.1 Å². The Morgan fingerprint density at radius 1 is 1.53 bits per heavy atom. The Morgan fingerprint density at radius 3 is 2.95 bits per heavy atom. The molecule has 19 heavy (non-hydrogen) atoms. The fourth-order valence-corrected chi connectivity index (χ4v) is 1.89. The quantitative estimate of drug-likeness (QED) is 0.495. The summed E-state index contributed by atoms with van der Waals surface area (Å²) in [6, 6.07) is 7.53. The van der Waals surface area contributed by atoms with E-state index in [0.717, 1.165) is 10.0 Å². The molecule has 0 unspecified atom stereocenters. The van der Waals surface area contributed by atoms with Gasteiger partial charge in [-0.15, -0.1) is 0 Å². The van der Waals surface area contributed by atoms with Crippen LogP contribution in [0.1, 0.15) is 12.5 Å². The first kappa shape index (κ1) is 13.4. The Kier molecular flexibility index (Phi) is 4.06. The lowest BCUT2D eigenvalue weighted by atomic mass is 10.1. The maximum atomic E-state index is 11.7. The van der Waals surface area contributed by atoms with E-state index in [9.17, 15) is 9.59 Å². The molecule has 2 rings (SSSR count). The van der Waals surface area contributed by atoms with Crippen LogP contribution in [0.5, 0.6) is 0 Å². The van der Waals surface area contributed by atoms with Crippen LogP contribution in [-0.4, -0.2) is 23.7 Å². The molecule has 98 valence electrons. The van der Waals surface area contributed by atoms with Crippen LogP contribution >= 0.6 is 15.9 Å². The molecule has 1 aromatic rings. The molecule has 0 saturated carbocycles. The van der Waals surface area contributed by atoms with Crippen molar-refractivity contribution in [2.45, 2.75) is 6.92 Å². The fourth-order valence-electron chi connectivity index (χ4n) is 1.49. The molecule has 1 aromatic carbocycles. The summed E-state index contributed by atoms with van der Waals surface area (Å²) in [7, 11) is 0. The monoisotopic (exact) mass is 322 g/mol. The van der Waals surface area contributed by atoms with Crippen molar-refractivity contribution in [3.63, 3.8) is 0 Å². The molecule has 0 saturated heterocycles. The van der Waals surface area contributed by atoms with Crippen LogP contribution < -0.4 is 10.9 Å². The summed E-state index contributed by atoms with van der Waals surface area (Å²) >= 11 is 3.36. The van der Waals surface area contributed by atoms with Crippen LogP contribution in [0.25, 0.3) is 0 Å². The summed E-state index contributed by atoms with van der Waals surface area (Å²) in [5.74, 6) is -1.88. The third-order valence-corrected chi connectivity index (χ3v) is 3.03. The van der Waals surface area contributed by atoms with Gasteiger partial charge in [-0.1, -0.05) is 28.1 Å². The van der Waals surface area contributed by atoms with Crippen molar-refractivity contribution >= 4 is 39.7 Å². The first-order valence-electron chi connectivity index (χ1n) is 5.51. The van der Waals surface area contributed by atoms with Gasteiger partial charge in [0.1, 0.15) is 0 Å². The van der Waals surface area contributed by atoms with E-state index in [1.165, 1.54) is 6.21 Å². The Morgan fingerprint density at radius 2 is 2.32 bits per heavy atom. The van der Waals surface area contributed by atoms with Gasteiger partial charge in [0.2, 0.25) is 0 Å². The van der Waals surface area contributed by atoms with E-state index in [-0.39, 0.29) is 0 Å². The number of carbonyl (C=O) groups is 2. The number of amides is 2. The molecule has 1 heterocycles. The van der Waals surface area contributed by atoms with Gasteiger partial charge in [-0.2, -0.15) is 10.2 Å². The Labute approximate surface area is 118 Å². The van der Waals surface area contributed by atoms with Crippen LogP contribution in [0, 0.1) is 5.92 Å². The zero-order chi connectivity index (χ0) is 13.8. The minimum absolute atomic E-state index is 0.451. The number of nitrogens with zero attached hydrogens (tertiary/aromatic N) is 2. The molecule has 1 aliphatic rings. The van der Waals surface area contributed by atoms with E-state index in [0.29, 0.717) is 5.71 Å². The van der Waals surface area contributed by atoms with Crippen LogP contribution in [0.15, 0.2) is 38.9 Å². The van der Waals surface area contributed by atoms with Crippen LogP contribution in [0.2, 0.25) is 0 Å². The van der Waals surface area contributed by atoms with Gasteiger partial charge in [0.05, 0.1) is 5.71 Å². The van der Waals surface area contributed by atoms with E-state index in [1.807, 2.05) is 24.3 Å². The predicted octanol–water partition coefficient (Wildman–Crippen LogP) is 1.02. The number of benzene rings is 1. The Hall–Kier alpha value is -2.02. The first-order chi connectivity index (χ1) is 9.08. The van der Waals surface area contributed by atoms with Crippen LogP contribution in [0.4, 0.5) is 0 Å². The molecule has 0 aromatic heterocycles. The van der Waals surface area contributed by atoms with Crippen molar-refractivity contribution in [3.8, 4) is 0 Å². The number of rotatable bonds is 3. The van der Waals surface area contributed by atoms with Crippen molar-refractivity contribution in [2.75, 3.05) is 0 Å². The molecule has 6 nitrogen and oxygen atoms in total. The normalized spacial score (nSPS) is 18.3. The maximum Gasteiger partial charge on any atom is 0.258 e. The van der Waals surface area contributed by atoms with Crippen molar-refractivity contribution in [3.05, 3.63) is 34.3 Å². The van der Waals surface area contributed by atoms with Crippen LogP contribution in [0.3, 0.4) is 0 Å². The van der Waals surface area contributed by atoms with Gasteiger partial charge in [0.25, 0.3) is 11.8 Å². The summed E-state index contributed by atoms with van der Waals surface area (Å²) in [6.07, 6.45) is 1.25. The zero-order valence-corrected chi connectivity index (χ0v) is 11.6. The highest BCUT2D eigenvalue weighted by molar-refractivity contribution is 9.10. The Bertz CT molecular complexity index is 583. The highest BCUT2D eigenvalue weighted by Gasteiger charge is 2.28. The second-order valence-electron chi connectivity index (χ2n) is 3.92. The Balaban J connectivity index is 2.04. The molecular formula is C12H11BrN4O2. The lowest BCUT2D eigenvalue weighted by Crippen LogP contribution is -2.34. The minimum Gasteiger partial charge on any atom is -0.272 e. The average Bonchev–Trinajstić information content (AvgIpc) is 2.82. The zero-order valence-electron chi connectivity index (χ0n) is 10.1. The van der Waals surface area contributed by atoms with E-state index in [2.05, 4.69) is 37.0 Å². The smallest absolute Gasteiger partial charge is 0.258 e. The molecule has 2 N–H and O–H groups in total. The summed E-state index contributed by atoms with van der Waals surface area (Å²) in [5.41, 5.74) is 6.06. The van der Waals surface area contributed by atoms with Gasteiger partial charge in [-0.25, -0.2) is 10.9 Å². The highest BCUT2D eigenvalue weighted by Crippen LogP contribution is 2.12. The molecule has 2 amide bonds. The van der Waals surface area contributed by atoms with E-state index in [1.54, 1.807) is 6.92 Å². The molecule has 7 heteroatoms. The maximum absolute atomic E-state index is 11.7. The van der Waals surface area contributed by atoms with Gasteiger partial charge in [0.15, 0.2) is 5.92 Å². The average molecular weight is 323 g/mol. The molecule has 0 bridgehead atoms. The third-order valence-electron chi connectivity index (χ3n) is 2.54. The van der Waals surface area contributed by atoms with E-state index in [4.69, 9.17) is 0 Å². The predicted molar refractivity (Wildman–Crippen MR) is 74.6 cm³/mol. The summed E-state index contributed by atoms with van der Waals surface area (Å²) < 4.78 is 0.924. The van der Waals surface area contributed by atoms with Gasteiger partial charge in [-0.3, -0.25) is 9.59 Å². The summed E-state index contributed by atoms with van der Waals surface area (Å²) in [6.45, 7) is 1.77. The van der Waals surface area contributed by atoms with Gasteiger partial charge < -0.3 is 0 Å². The van der Waals surface area contributed by atoms with Gasteiger partial charge in [-0.05, 0) is 24.6 Å². The number of halogens is 1. The first-order valence-corrected chi connectivity index (χ1v) is 6.30. The number of hydrogen-bond donors (Lipinski definition) is 2. The van der Waals surface area contributed by atoms with E-state index < -0.39 is 17.7 Å². The molecule has 0 radical (unpaired) electrons. The van der Waals surface area contributed by atoms with Gasteiger partial charge in [0, 0.05) is 10.7 Å². The van der Waals surface area contributed by atoms with Crippen molar-refractivity contribution in [1.82, 2.24) is 10.9 Å². The minimum atomic E-state index is -0.918. The SMILES string of the molecule is C/C(=N/NC(=O)[C@@H]1C=NNC1=O)c1cccc(Br)c1. The molecule has 1 atom stereocenters. The second kappa shape index (κ2) is 5.75. The topological polar surface area (TPSA) is 82.9 Å². The molecule has 0 spiro atoms. The van der Waals surface area contributed by atoms with Crippen molar-refractivity contribution < 1.29 is 9.59 Å².